The standard InChI is InChI=1S/C34H40N2O8/c1-22(2)19-30-34(41)43-29(28(37)18-15-24-9-6-5-7-10-24)11-8-12-31(38)36-27(20-25-13-16-26(42-4)17-14-25)32(39)35-21-23(3)33(40)44-30/h5-10,12-14,16-17,22-23,27-30,37H,11,19-21H2,1-4H3,(H,35,39)(H,36,38)/b12-8+/t23-,27+,28?,29-,30-/m0/s1. The largest absolute Gasteiger partial charge is 0.497 e. The second-order valence-electron chi connectivity index (χ2n) is 11.0. The van der Waals surface area contributed by atoms with Crippen molar-refractivity contribution in [2.45, 2.75) is 64.4 Å². The lowest BCUT2D eigenvalue weighted by Gasteiger charge is -2.25. The van der Waals surface area contributed by atoms with Crippen molar-refractivity contribution >= 4 is 23.8 Å². The van der Waals surface area contributed by atoms with Crippen LogP contribution in [-0.2, 0) is 35.1 Å². The van der Waals surface area contributed by atoms with Crippen molar-refractivity contribution in [3.63, 3.8) is 0 Å². The van der Waals surface area contributed by atoms with Crippen molar-refractivity contribution in [3.8, 4) is 17.6 Å². The van der Waals surface area contributed by atoms with Crippen LogP contribution in [0, 0.1) is 23.7 Å². The summed E-state index contributed by atoms with van der Waals surface area (Å²) in [5.74, 6) is 2.79. The van der Waals surface area contributed by atoms with Gasteiger partial charge < -0.3 is 30.0 Å². The van der Waals surface area contributed by atoms with E-state index in [9.17, 15) is 24.3 Å². The number of rotatable bonds is 6. The number of ether oxygens (including phenoxy) is 3. The van der Waals surface area contributed by atoms with Gasteiger partial charge >= 0.3 is 11.9 Å². The molecular formula is C34H40N2O8. The third-order valence-electron chi connectivity index (χ3n) is 6.82. The molecule has 2 aromatic rings. The molecule has 3 N–H and O–H groups in total. The maximum Gasteiger partial charge on any atom is 0.347 e. The molecule has 3 rings (SSSR count). The molecule has 0 fully saturated rings. The van der Waals surface area contributed by atoms with Crippen LogP contribution in [0.1, 0.15) is 44.7 Å². The summed E-state index contributed by atoms with van der Waals surface area (Å²) in [6.07, 6.45) is -0.873. The number of aliphatic hydroxyl groups excluding tert-OH is 1. The molecule has 1 unspecified atom stereocenters. The van der Waals surface area contributed by atoms with E-state index in [-0.39, 0.29) is 31.7 Å². The molecule has 1 aliphatic heterocycles. The third-order valence-corrected chi connectivity index (χ3v) is 6.82. The van der Waals surface area contributed by atoms with Crippen molar-refractivity contribution in [2.24, 2.45) is 11.8 Å². The maximum absolute atomic E-state index is 13.2. The van der Waals surface area contributed by atoms with Crippen LogP contribution < -0.4 is 15.4 Å². The molecule has 234 valence electrons. The topological polar surface area (TPSA) is 140 Å². The molecule has 10 nitrogen and oxygen atoms in total. The Kier molecular flexibility index (Phi) is 13.0. The molecule has 1 heterocycles. The van der Waals surface area contributed by atoms with Gasteiger partial charge in [0.25, 0.3) is 0 Å². The molecule has 0 saturated heterocycles. The van der Waals surface area contributed by atoms with Gasteiger partial charge in [0.1, 0.15) is 17.9 Å². The van der Waals surface area contributed by atoms with Crippen LogP contribution in [0.2, 0.25) is 0 Å². The minimum atomic E-state index is -1.41. The van der Waals surface area contributed by atoms with Gasteiger partial charge in [0.05, 0.1) is 13.0 Å². The van der Waals surface area contributed by atoms with Gasteiger partial charge in [-0.1, -0.05) is 69.0 Å². The van der Waals surface area contributed by atoms with E-state index < -0.39 is 54.0 Å². The molecule has 44 heavy (non-hydrogen) atoms. The quantitative estimate of drug-likeness (QED) is 0.338. The molecule has 2 amide bonds. The number of carbonyl (C=O) groups is 4. The van der Waals surface area contributed by atoms with Gasteiger partial charge in [-0.3, -0.25) is 14.4 Å². The van der Waals surface area contributed by atoms with Gasteiger partial charge in [0, 0.05) is 24.9 Å². The molecule has 0 aliphatic carbocycles. The number of hydrogen-bond acceptors (Lipinski definition) is 8. The Morgan fingerprint density at radius 2 is 1.70 bits per heavy atom. The second kappa shape index (κ2) is 16.9. The highest BCUT2D eigenvalue weighted by atomic mass is 16.6. The second-order valence-corrected chi connectivity index (χ2v) is 11.0. The van der Waals surface area contributed by atoms with Crippen LogP contribution in [0.25, 0.3) is 0 Å². The minimum Gasteiger partial charge on any atom is -0.497 e. The Bertz CT molecular complexity index is 1360. The molecule has 0 radical (unpaired) electrons. The summed E-state index contributed by atoms with van der Waals surface area (Å²) in [6.45, 7) is 5.22. The fourth-order valence-electron chi connectivity index (χ4n) is 4.31. The minimum absolute atomic E-state index is 0.0236. The van der Waals surface area contributed by atoms with E-state index in [1.165, 1.54) is 12.2 Å². The summed E-state index contributed by atoms with van der Waals surface area (Å²) in [4.78, 5) is 52.3. The van der Waals surface area contributed by atoms with Crippen molar-refractivity contribution in [3.05, 3.63) is 77.9 Å². The number of nitrogens with one attached hydrogen (secondary N) is 2. The Balaban J connectivity index is 1.89. The van der Waals surface area contributed by atoms with E-state index in [1.54, 1.807) is 62.6 Å². The average molecular weight is 605 g/mol. The van der Waals surface area contributed by atoms with Crippen LogP contribution in [-0.4, -0.2) is 66.9 Å². The first-order valence-corrected chi connectivity index (χ1v) is 14.6. The summed E-state index contributed by atoms with van der Waals surface area (Å²) in [7, 11) is 1.55. The van der Waals surface area contributed by atoms with Gasteiger partial charge in [-0.2, -0.15) is 0 Å². The highest BCUT2D eigenvalue weighted by Crippen LogP contribution is 2.17. The summed E-state index contributed by atoms with van der Waals surface area (Å²) in [5, 5.41) is 16.3. The average Bonchev–Trinajstić information content (AvgIpc) is 3.01. The highest BCUT2D eigenvalue weighted by Gasteiger charge is 2.32. The fraction of sp³-hybridized carbons (Fsp3) is 0.412. The lowest BCUT2D eigenvalue weighted by molar-refractivity contribution is -0.176. The molecule has 5 atom stereocenters. The molecule has 10 heteroatoms. The fourth-order valence-corrected chi connectivity index (χ4v) is 4.31. The van der Waals surface area contributed by atoms with Gasteiger partial charge in [-0.25, -0.2) is 4.79 Å². The molecular weight excluding hydrogens is 564 g/mol. The summed E-state index contributed by atoms with van der Waals surface area (Å²) < 4.78 is 16.4. The summed E-state index contributed by atoms with van der Waals surface area (Å²) in [6, 6.07) is 15.1. The lowest BCUT2D eigenvalue weighted by atomic mass is 10.0. The van der Waals surface area contributed by atoms with Gasteiger partial charge in [-0.15, -0.1) is 0 Å². The number of esters is 2. The molecule has 0 spiro atoms. The number of aliphatic hydroxyl groups is 1. The van der Waals surface area contributed by atoms with E-state index in [0.717, 1.165) is 5.56 Å². The van der Waals surface area contributed by atoms with Crippen molar-refractivity contribution in [2.75, 3.05) is 13.7 Å². The molecule has 0 saturated carbocycles. The van der Waals surface area contributed by atoms with E-state index >= 15 is 0 Å². The maximum atomic E-state index is 13.2. The van der Waals surface area contributed by atoms with Crippen LogP contribution in [0.5, 0.6) is 5.75 Å². The Labute approximate surface area is 258 Å². The number of benzene rings is 2. The first-order valence-electron chi connectivity index (χ1n) is 14.6. The van der Waals surface area contributed by atoms with Crippen molar-refractivity contribution in [1.29, 1.82) is 0 Å². The van der Waals surface area contributed by atoms with Crippen molar-refractivity contribution < 1.29 is 38.5 Å². The number of carbonyl (C=O) groups excluding carboxylic acids is 4. The molecule has 1 aliphatic rings. The Morgan fingerprint density at radius 3 is 2.36 bits per heavy atom. The van der Waals surface area contributed by atoms with Gasteiger partial charge in [0.2, 0.25) is 11.8 Å². The summed E-state index contributed by atoms with van der Waals surface area (Å²) in [5.41, 5.74) is 1.43. The lowest BCUT2D eigenvalue weighted by Crippen LogP contribution is -2.49. The number of hydrogen-bond donors (Lipinski definition) is 3. The number of cyclic esters (lactones) is 2. The molecule has 2 aromatic carbocycles. The predicted molar refractivity (Wildman–Crippen MR) is 163 cm³/mol. The zero-order valence-corrected chi connectivity index (χ0v) is 25.4. The van der Waals surface area contributed by atoms with E-state index in [4.69, 9.17) is 14.2 Å². The summed E-state index contributed by atoms with van der Waals surface area (Å²) >= 11 is 0. The highest BCUT2D eigenvalue weighted by molar-refractivity contribution is 5.93. The smallest absolute Gasteiger partial charge is 0.347 e. The predicted octanol–water partition coefficient (Wildman–Crippen LogP) is 2.72. The van der Waals surface area contributed by atoms with Gasteiger partial charge in [0.15, 0.2) is 12.2 Å². The SMILES string of the molecule is COc1ccc(C[C@H]2NC(=O)/C=C/C[C@@H](C(O)C#Cc3ccccc3)OC(=O)[C@H](CC(C)C)OC(=O)[C@@H](C)CNC2=O)cc1. The van der Waals surface area contributed by atoms with Crippen LogP contribution >= 0.6 is 0 Å². The zero-order chi connectivity index (χ0) is 32.1. The monoisotopic (exact) mass is 604 g/mol. The Morgan fingerprint density at radius 1 is 1.00 bits per heavy atom. The normalized spacial score (nSPS) is 23.2. The van der Waals surface area contributed by atoms with Gasteiger partial charge in [-0.05, 0) is 48.2 Å². The van der Waals surface area contributed by atoms with Crippen LogP contribution in [0.15, 0.2) is 66.7 Å². The first kappa shape index (κ1) is 33.9. The van der Waals surface area contributed by atoms with Crippen molar-refractivity contribution in [1.82, 2.24) is 10.6 Å². The Hall–Kier alpha value is -4.62. The molecule has 0 bridgehead atoms. The van der Waals surface area contributed by atoms with Crippen LogP contribution in [0.3, 0.4) is 0 Å². The zero-order valence-electron chi connectivity index (χ0n) is 25.4. The first-order chi connectivity index (χ1) is 21.0. The van der Waals surface area contributed by atoms with E-state index in [2.05, 4.69) is 22.5 Å². The third kappa shape index (κ3) is 10.9. The van der Waals surface area contributed by atoms with Crippen LogP contribution in [0.4, 0.5) is 0 Å². The van der Waals surface area contributed by atoms with E-state index in [1.807, 2.05) is 19.9 Å². The van der Waals surface area contributed by atoms with E-state index in [0.29, 0.717) is 11.3 Å². The number of methoxy groups -OCH3 is 1. The molecule has 0 aromatic heterocycles. The number of amides is 2.